The standard InChI is InChI=1S/C19H15ClN4O/c1-13-17(18(20)24(23-13)16-5-3-2-4-6-16)19(25)22-15-9-7-14(8-10-15)11-12-21/h2-10H,11H2,1H3,(H,22,25). The van der Waals surface area contributed by atoms with Crippen LogP contribution in [0.15, 0.2) is 54.6 Å². The largest absolute Gasteiger partial charge is 0.322 e. The van der Waals surface area contributed by atoms with E-state index in [1.54, 1.807) is 35.9 Å². The zero-order chi connectivity index (χ0) is 17.8. The molecule has 0 spiro atoms. The molecule has 0 unspecified atom stereocenters. The molecule has 0 aliphatic carbocycles. The summed E-state index contributed by atoms with van der Waals surface area (Å²) in [7, 11) is 0. The van der Waals surface area contributed by atoms with Crippen LogP contribution in [-0.2, 0) is 6.42 Å². The van der Waals surface area contributed by atoms with Gasteiger partial charge in [-0.15, -0.1) is 0 Å². The Morgan fingerprint density at radius 2 is 1.88 bits per heavy atom. The maximum absolute atomic E-state index is 12.6. The zero-order valence-corrected chi connectivity index (χ0v) is 14.3. The number of amides is 1. The molecule has 0 fully saturated rings. The van der Waals surface area contributed by atoms with Gasteiger partial charge in [-0.3, -0.25) is 4.79 Å². The Balaban J connectivity index is 1.85. The molecular formula is C19H15ClN4O. The number of benzene rings is 2. The number of hydrogen-bond donors (Lipinski definition) is 1. The molecule has 0 radical (unpaired) electrons. The molecule has 0 aliphatic heterocycles. The molecule has 3 aromatic rings. The van der Waals surface area contributed by atoms with Gasteiger partial charge in [-0.25, -0.2) is 4.68 Å². The Bertz CT molecular complexity index is 940. The van der Waals surface area contributed by atoms with Crippen LogP contribution in [0.2, 0.25) is 5.15 Å². The lowest BCUT2D eigenvalue weighted by molar-refractivity contribution is 0.102. The summed E-state index contributed by atoms with van der Waals surface area (Å²) >= 11 is 6.40. The van der Waals surface area contributed by atoms with Crippen molar-refractivity contribution in [2.45, 2.75) is 13.3 Å². The van der Waals surface area contributed by atoms with Crippen LogP contribution in [0.5, 0.6) is 0 Å². The molecule has 1 N–H and O–H groups in total. The van der Waals surface area contributed by atoms with Gasteiger partial charge in [0.05, 0.1) is 23.9 Å². The van der Waals surface area contributed by atoms with Gasteiger partial charge in [-0.1, -0.05) is 41.9 Å². The summed E-state index contributed by atoms with van der Waals surface area (Å²) in [5.41, 5.74) is 3.20. The summed E-state index contributed by atoms with van der Waals surface area (Å²) < 4.78 is 1.54. The molecule has 1 amide bonds. The molecule has 124 valence electrons. The highest BCUT2D eigenvalue weighted by Gasteiger charge is 2.21. The number of carbonyl (C=O) groups excluding carboxylic acids is 1. The van der Waals surface area contributed by atoms with Gasteiger partial charge in [0.1, 0.15) is 10.7 Å². The fraction of sp³-hybridized carbons (Fsp3) is 0.105. The SMILES string of the molecule is Cc1nn(-c2ccccc2)c(Cl)c1C(=O)Nc1ccc(CC#N)cc1. The lowest BCUT2D eigenvalue weighted by Crippen LogP contribution is -2.13. The van der Waals surface area contributed by atoms with Gasteiger partial charge in [-0.2, -0.15) is 10.4 Å². The van der Waals surface area contributed by atoms with Crippen LogP contribution < -0.4 is 5.32 Å². The minimum absolute atomic E-state index is 0.266. The van der Waals surface area contributed by atoms with Crippen molar-refractivity contribution in [1.29, 1.82) is 5.26 Å². The summed E-state index contributed by atoms with van der Waals surface area (Å²) in [5.74, 6) is -0.322. The molecule has 0 bridgehead atoms. The number of nitrogens with one attached hydrogen (secondary N) is 1. The van der Waals surface area contributed by atoms with E-state index >= 15 is 0 Å². The third kappa shape index (κ3) is 3.54. The number of para-hydroxylation sites is 1. The second-order valence-corrected chi connectivity index (χ2v) is 5.84. The van der Waals surface area contributed by atoms with Crippen molar-refractivity contribution >= 4 is 23.2 Å². The summed E-state index contributed by atoms with van der Waals surface area (Å²) in [4.78, 5) is 12.6. The van der Waals surface area contributed by atoms with Gasteiger partial charge < -0.3 is 5.32 Å². The summed E-state index contributed by atoms with van der Waals surface area (Å²) in [6.45, 7) is 1.75. The monoisotopic (exact) mass is 350 g/mol. The zero-order valence-electron chi connectivity index (χ0n) is 13.5. The molecule has 2 aromatic carbocycles. The third-order valence-corrected chi connectivity index (χ3v) is 4.08. The number of rotatable bonds is 4. The molecular weight excluding hydrogens is 336 g/mol. The molecule has 0 saturated carbocycles. The van der Waals surface area contributed by atoms with Crippen molar-refractivity contribution in [3.63, 3.8) is 0 Å². The molecule has 5 nitrogen and oxygen atoms in total. The van der Waals surface area contributed by atoms with E-state index in [9.17, 15) is 4.79 Å². The number of aromatic nitrogens is 2. The van der Waals surface area contributed by atoms with Crippen LogP contribution in [0.25, 0.3) is 5.69 Å². The van der Waals surface area contributed by atoms with E-state index in [4.69, 9.17) is 16.9 Å². The van der Waals surface area contributed by atoms with Gasteiger partial charge in [0, 0.05) is 5.69 Å². The number of halogens is 1. The molecule has 0 atom stereocenters. The molecule has 0 saturated heterocycles. The number of carbonyl (C=O) groups is 1. The summed E-state index contributed by atoms with van der Waals surface area (Å²) in [5, 5.41) is 16.1. The predicted octanol–water partition coefficient (Wildman–Crippen LogP) is 4.15. The van der Waals surface area contributed by atoms with Crippen molar-refractivity contribution in [1.82, 2.24) is 9.78 Å². The van der Waals surface area contributed by atoms with Crippen LogP contribution in [0.4, 0.5) is 5.69 Å². The number of aryl methyl sites for hydroxylation is 1. The van der Waals surface area contributed by atoms with Crippen LogP contribution >= 0.6 is 11.6 Å². The molecule has 3 rings (SSSR count). The maximum atomic E-state index is 12.6. The van der Waals surface area contributed by atoms with Crippen molar-refractivity contribution in [3.05, 3.63) is 76.6 Å². The van der Waals surface area contributed by atoms with Gasteiger partial charge in [0.25, 0.3) is 5.91 Å². The first-order valence-corrected chi connectivity index (χ1v) is 8.05. The quantitative estimate of drug-likeness (QED) is 0.768. The summed E-state index contributed by atoms with van der Waals surface area (Å²) in [6, 6.07) is 18.6. The van der Waals surface area contributed by atoms with Crippen LogP contribution in [-0.4, -0.2) is 15.7 Å². The van der Waals surface area contributed by atoms with Crippen LogP contribution in [0.3, 0.4) is 0 Å². The Hall–Kier alpha value is -3.10. The summed E-state index contributed by atoms with van der Waals surface area (Å²) in [6.07, 6.45) is 0.336. The predicted molar refractivity (Wildman–Crippen MR) is 97.0 cm³/mol. The molecule has 1 aromatic heterocycles. The highest BCUT2D eigenvalue weighted by Crippen LogP contribution is 2.24. The van der Waals surface area contributed by atoms with E-state index < -0.39 is 0 Å². The Morgan fingerprint density at radius 1 is 1.20 bits per heavy atom. The number of hydrogen-bond acceptors (Lipinski definition) is 3. The number of nitrogens with zero attached hydrogens (tertiary/aromatic N) is 3. The van der Waals surface area contributed by atoms with E-state index in [1.807, 2.05) is 30.3 Å². The van der Waals surface area contributed by atoms with E-state index in [2.05, 4.69) is 16.5 Å². The minimum Gasteiger partial charge on any atom is -0.322 e. The van der Waals surface area contributed by atoms with Gasteiger partial charge in [0.2, 0.25) is 0 Å². The molecule has 0 aliphatic rings. The lowest BCUT2D eigenvalue weighted by Gasteiger charge is -2.06. The Kier molecular flexibility index (Phi) is 4.82. The van der Waals surface area contributed by atoms with E-state index in [0.29, 0.717) is 23.4 Å². The van der Waals surface area contributed by atoms with Crippen LogP contribution in [0, 0.1) is 18.3 Å². The Morgan fingerprint density at radius 3 is 2.52 bits per heavy atom. The topological polar surface area (TPSA) is 70.7 Å². The van der Waals surface area contributed by atoms with Crippen molar-refractivity contribution in [2.75, 3.05) is 5.32 Å². The first kappa shape index (κ1) is 16.7. The van der Waals surface area contributed by atoms with E-state index in [-0.39, 0.29) is 11.1 Å². The van der Waals surface area contributed by atoms with Crippen molar-refractivity contribution in [2.24, 2.45) is 0 Å². The van der Waals surface area contributed by atoms with Crippen LogP contribution in [0.1, 0.15) is 21.6 Å². The normalized spacial score (nSPS) is 10.3. The molecule has 1 heterocycles. The number of nitriles is 1. The number of anilines is 1. The average molecular weight is 351 g/mol. The Labute approximate surface area is 150 Å². The minimum atomic E-state index is -0.322. The fourth-order valence-corrected chi connectivity index (χ4v) is 2.85. The highest BCUT2D eigenvalue weighted by molar-refractivity contribution is 6.34. The first-order chi connectivity index (χ1) is 12.1. The van der Waals surface area contributed by atoms with Gasteiger partial charge >= 0.3 is 0 Å². The molecule has 25 heavy (non-hydrogen) atoms. The smallest absolute Gasteiger partial charge is 0.260 e. The van der Waals surface area contributed by atoms with Crippen molar-refractivity contribution < 1.29 is 4.79 Å². The fourth-order valence-electron chi connectivity index (χ4n) is 2.49. The van der Waals surface area contributed by atoms with Crippen molar-refractivity contribution in [3.8, 4) is 11.8 Å². The molecule has 6 heteroatoms. The van der Waals surface area contributed by atoms with E-state index in [1.165, 1.54) is 0 Å². The lowest BCUT2D eigenvalue weighted by atomic mass is 10.1. The third-order valence-electron chi connectivity index (χ3n) is 3.73. The first-order valence-electron chi connectivity index (χ1n) is 7.68. The second kappa shape index (κ2) is 7.20. The maximum Gasteiger partial charge on any atom is 0.260 e. The van der Waals surface area contributed by atoms with Gasteiger partial charge in [-0.05, 0) is 36.8 Å². The second-order valence-electron chi connectivity index (χ2n) is 5.48. The van der Waals surface area contributed by atoms with Gasteiger partial charge in [0.15, 0.2) is 0 Å². The highest BCUT2D eigenvalue weighted by atomic mass is 35.5. The average Bonchev–Trinajstić information content (AvgIpc) is 2.92. The van der Waals surface area contributed by atoms with E-state index in [0.717, 1.165) is 11.3 Å².